The highest BCUT2D eigenvalue weighted by molar-refractivity contribution is 7.13. The molecule has 0 spiro atoms. The van der Waals surface area contributed by atoms with Gasteiger partial charge >= 0.3 is 6.09 Å². The van der Waals surface area contributed by atoms with E-state index < -0.39 is 6.09 Å². The van der Waals surface area contributed by atoms with E-state index in [0.717, 1.165) is 4.88 Å². The molecule has 0 radical (unpaired) electrons. The zero-order valence-corrected chi connectivity index (χ0v) is 16.4. The van der Waals surface area contributed by atoms with E-state index in [9.17, 15) is 9.59 Å². The summed E-state index contributed by atoms with van der Waals surface area (Å²) in [4.78, 5) is 30.3. The summed E-state index contributed by atoms with van der Waals surface area (Å²) < 4.78 is 9.89. The van der Waals surface area contributed by atoms with E-state index in [0.29, 0.717) is 42.4 Å². The molecule has 0 aliphatic carbocycles. The van der Waals surface area contributed by atoms with Gasteiger partial charge in [0.05, 0.1) is 12.0 Å². The normalized spacial score (nSPS) is 10.5. The molecule has 0 aliphatic rings. The highest BCUT2D eigenvalue weighted by Crippen LogP contribution is 2.22. The maximum Gasteiger partial charge on any atom is 0.413 e. The van der Waals surface area contributed by atoms with E-state index in [-0.39, 0.29) is 5.91 Å². The Morgan fingerprint density at radius 3 is 2.71 bits per heavy atom. The summed E-state index contributed by atoms with van der Waals surface area (Å²) in [5.74, 6) is 0.991. The van der Waals surface area contributed by atoms with Crippen LogP contribution >= 0.6 is 11.3 Å². The SMILES string of the molecule is COC(=O)N(C)c1ccc(NC(=O)CCCc2nc(-c3cccs3)no2)cc1. The van der Waals surface area contributed by atoms with E-state index in [4.69, 9.17) is 4.52 Å². The fourth-order valence-corrected chi connectivity index (χ4v) is 3.15. The van der Waals surface area contributed by atoms with Crippen LogP contribution in [0, 0.1) is 0 Å². The molecule has 146 valence electrons. The van der Waals surface area contributed by atoms with Crippen molar-refractivity contribution in [2.45, 2.75) is 19.3 Å². The molecule has 2 aromatic heterocycles. The Balaban J connectivity index is 1.45. The largest absolute Gasteiger partial charge is 0.452 e. The quantitative estimate of drug-likeness (QED) is 0.645. The molecule has 3 rings (SSSR count). The van der Waals surface area contributed by atoms with Crippen LogP contribution < -0.4 is 10.2 Å². The molecule has 3 aromatic rings. The van der Waals surface area contributed by atoms with Gasteiger partial charge in [0.15, 0.2) is 0 Å². The summed E-state index contributed by atoms with van der Waals surface area (Å²) in [6.45, 7) is 0. The molecule has 2 amide bonds. The molecule has 0 unspecified atom stereocenters. The predicted molar refractivity (Wildman–Crippen MR) is 106 cm³/mol. The standard InChI is InChI=1S/C19H20N4O4S/c1-23(19(25)26-2)14-10-8-13(9-11-14)20-16(24)6-3-7-17-21-18(22-27-17)15-5-4-12-28-15/h4-5,8-12H,3,6-7H2,1-2H3,(H,20,24). The Hall–Kier alpha value is -3.20. The predicted octanol–water partition coefficient (Wildman–Crippen LogP) is 3.96. The van der Waals surface area contributed by atoms with Gasteiger partial charge in [0, 0.05) is 31.3 Å². The zero-order valence-electron chi connectivity index (χ0n) is 15.5. The molecule has 0 atom stereocenters. The van der Waals surface area contributed by atoms with E-state index >= 15 is 0 Å². The fraction of sp³-hybridized carbons (Fsp3) is 0.263. The summed E-state index contributed by atoms with van der Waals surface area (Å²) in [7, 11) is 2.94. The summed E-state index contributed by atoms with van der Waals surface area (Å²) in [6.07, 6.45) is 1.01. The second-order valence-corrected chi connectivity index (χ2v) is 6.91. The number of nitrogens with zero attached hydrogens (tertiary/aromatic N) is 3. The molecule has 8 nitrogen and oxygen atoms in total. The number of thiophene rings is 1. The van der Waals surface area contributed by atoms with Crippen LogP contribution in [0.5, 0.6) is 0 Å². The Bertz CT molecular complexity index is 922. The summed E-state index contributed by atoms with van der Waals surface area (Å²) in [6, 6.07) is 10.8. The van der Waals surface area contributed by atoms with Crippen molar-refractivity contribution in [2.24, 2.45) is 0 Å². The van der Waals surface area contributed by atoms with Gasteiger partial charge in [-0.25, -0.2) is 4.79 Å². The molecule has 0 fully saturated rings. The first-order chi connectivity index (χ1) is 13.6. The van der Waals surface area contributed by atoms with Crippen molar-refractivity contribution in [3.63, 3.8) is 0 Å². The average Bonchev–Trinajstić information content (AvgIpc) is 3.39. The Labute approximate surface area is 166 Å². The minimum atomic E-state index is -0.458. The Morgan fingerprint density at radius 2 is 2.04 bits per heavy atom. The molecule has 0 aliphatic heterocycles. The van der Waals surface area contributed by atoms with Crippen LogP contribution in [0.2, 0.25) is 0 Å². The van der Waals surface area contributed by atoms with Crippen molar-refractivity contribution >= 4 is 34.7 Å². The first-order valence-electron chi connectivity index (χ1n) is 8.65. The van der Waals surface area contributed by atoms with Crippen molar-refractivity contribution in [3.8, 4) is 10.7 Å². The van der Waals surface area contributed by atoms with Crippen molar-refractivity contribution in [1.29, 1.82) is 0 Å². The third kappa shape index (κ3) is 4.95. The number of rotatable bonds is 7. The number of methoxy groups -OCH3 is 1. The summed E-state index contributed by atoms with van der Waals surface area (Å²) in [5.41, 5.74) is 1.33. The van der Waals surface area contributed by atoms with E-state index in [1.54, 1.807) is 42.6 Å². The molecular formula is C19H20N4O4S. The number of nitrogens with one attached hydrogen (secondary N) is 1. The van der Waals surface area contributed by atoms with Gasteiger partial charge in [-0.15, -0.1) is 11.3 Å². The number of carbonyl (C=O) groups excluding carboxylic acids is 2. The number of benzene rings is 1. The maximum atomic E-state index is 12.1. The van der Waals surface area contributed by atoms with Gasteiger partial charge in [-0.1, -0.05) is 11.2 Å². The van der Waals surface area contributed by atoms with Gasteiger partial charge < -0.3 is 14.6 Å². The van der Waals surface area contributed by atoms with Crippen molar-refractivity contribution in [1.82, 2.24) is 10.1 Å². The van der Waals surface area contributed by atoms with Crippen molar-refractivity contribution in [2.75, 3.05) is 24.4 Å². The number of hydrogen-bond acceptors (Lipinski definition) is 7. The number of amides is 2. The lowest BCUT2D eigenvalue weighted by Gasteiger charge is -2.15. The lowest BCUT2D eigenvalue weighted by atomic mass is 10.2. The first kappa shape index (κ1) is 19.6. The third-order valence-electron chi connectivity index (χ3n) is 3.99. The highest BCUT2D eigenvalue weighted by atomic mass is 32.1. The fourth-order valence-electron chi connectivity index (χ4n) is 2.50. The number of aryl methyl sites for hydroxylation is 1. The van der Waals surface area contributed by atoms with E-state index in [2.05, 4.69) is 20.2 Å². The Kier molecular flexibility index (Phi) is 6.38. The van der Waals surface area contributed by atoms with Gasteiger partial charge in [0.2, 0.25) is 17.6 Å². The molecule has 0 saturated carbocycles. The Morgan fingerprint density at radius 1 is 1.25 bits per heavy atom. The minimum absolute atomic E-state index is 0.105. The summed E-state index contributed by atoms with van der Waals surface area (Å²) in [5, 5.41) is 8.73. The van der Waals surface area contributed by atoms with Crippen molar-refractivity contribution in [3.05, 3.63) is 47.7 Å². The molecule has 1 N–H and O–H groups in total. The molecule has 2 heterocycles. The van der Waals surface area contributed by atoms with Gasteiger partial charge in [-0.05, 0) is 42.1 Å². The van der Waals surface area contributed by atoms with Crippen LogP contribution in [0.3, 0.4) is 0 Å². The average molecular weight is 400 g/mol. The lowest BCUT2D eigenvalue weighted by molar-refractivity contribution is -0.116. The molecule has 0 bridgehead atoms. The second kappa shape index (κ2) is 9.14. The van der Waals surface area contributed by atoms with Gasteiger partial charge in [-0.2, -0.15) is 4.98 Å². The van der Waals surface area contributed by atoms with Crippen LogP contribution in [-0.2, 0) is 16.0 Å². The van der Waals surface area contributed by atoms with Crippen LogP contribution in [0.25, 0.3) is 10.7 Å². The monoisotopic (exact) mass is 400 g/mol. The van der Waals surface area contributed by atoms with Crippen LogP contribution in [0.1, 0.15) is 18.7 Å². The maximum absolute atomic E-state index is 12.1. The second-order valence-electron chi connectivity index (χ2n) is 5.97. The highest BCUT2D eigenvalue weighted by Gasteiger charge is 2.12. The van der Waals surface area contributed by atoms with Gasteiger partial charge in [-0.3, -0.25) is 9.69 Å². The zero-order chi connectivity index (χ0) is 19.9. The summed E-state index contributed by atoms with van der Waals surface area (Å²) >= 11 is 1.55. The number of ether oxygens (including phenoxy) is 1. The number of carbonyl (C=O) groups is 2. The molecule has 0 saturated heterocycles. The van der Waals surface area contributed by atoms with Crippen molar-refractivity contribution < 1.29 is 18.8 Å². The molecular weight excluding hydrogens is 380 g/mol. The number of anilines is 2. The lowest BCUT2D eigenvalue weighted by Crippen LogP contribution is -2.25. The number of hydrogen-bond donors (Lipinski definition) is 1. The van der Waals surface area contributed by atoms with Crippen LogP contribution in [0.4, 0.5) is 16.2 Å². The molecule has 9 heteroatoms. The number of aromatic nitrogens is 2. The first-order valence-corrected chi connectivity index (χ1v) is 9.53. The third-order valence-corrected chi connectivity index (χ3v) is 4.86. The van der Waals surface area contributed by atoms with Gasteiger partial charge in [0.25, 0.3) is 0 Å². The molecule has 28 heavy (non-hydrogen) atoms. The smallest absolute Gasteiger partial charge is 0.413 e. The van der Waals surface area contributed by atoms with Crippen LogP contribution in [-0.4, -0.2) is 36.3 Å². The van der Waals surface area contributed by atoms with E-state index in [1.165, 1.54) is 12.0 Å². The van der Waals surface area contributed by atoms with Gasteiger partial charge in [0.1, 0.15) is 0 Å². The minimum Gasteiger partial charge on any atom is -0.452 e. The topological polar surface area (TPSA) is 97.6 Å². The van der Waals surface area contributed by atoms with E-state index in [1.807, 2.05) is 17.5 Å². The molecule has 1 aromatic carbocycles. The van der Waals surface area contributed by atoms with Crippen LogP contribution in [0.15, 0.2) is 46.3 Å².